The molecule has 0 unspecified atom stereocenters. The van der Waals surface area contributed by atoms with Crippen molar-refractivity contribution in [2.75, 3.05) is 0 Å². The molecule has 16 heavy (non-hydrogen) atoms. The summed E-state index contributed by atoms with van der Waals surface area (Å²) in [4.78, 5) is 0. The zero-order valence-corrected chi connectivity index (χ0v) is 10.9. The number of hydrogen-bond acceptors (Lipinski definition) is 0. The van der Waals surface area contributed by atoms with Crippen molar-refractivity contribution in [2.24, 2.45) is 0 Å². The minimum atomic E-state index is 1.05. The molecule has 1 aliphatic rings. The van der Waals surface area contributed by atoms with Gasteiger partial charge in [0.2, 0.25) is 0 Å². The molecule has 1 heteroatoms. The molecule has 0 nitrogen and oxygen atoms in total. The Kier molecular flexibility index (Phi) is 2.56. The first-order valence-corrected chi connectivity index (χ1v) is 6.47. The van der Waals surface area contributed by atoms with Crippen molar-refractivity contribution >= 4 is 45.5 Å². The van der Waals surface area contributed by atoms with Gasteiger partial charge in [-0.25, -0.2) is 0 Å². The van der Waals surface area contributed by atoms with E-state index in [9.17, 15) is 0 Å². The fourth-order valence-corrected chi connectivity index (χ4v) is 2.70. The summed E-state index contributed by atoms with van der Waals surface area (Å²) in [5.41, 5.74) is 2.68. The number of allylic oxidation sites excluding steroid dienone is 2. The van der Waals surface area contributed by atoms with Gasteiger partial charge in [0.1, 0.15) is 0 Å². The van der Waals surface area contributed by atoms with Crippen molar-refractivity contribution in [1.29, 1.82) is 0 Å². The van der Waals surface area contributed by atoms with Gasteiger partial charge in [-0.3, -0.25) is 0 Å². The molecule has 0 saturated carbocycles. The van der Waals surface area contributed by atoms with Gasteiger partial charge >= 0.3 is 0 Å². The van der Waals surface area contributed by atoms with E-state index >= 15 is 0 Å². The third-order valence-corrected chi connectivity index (χ3v) is 3.67. The molecule has 2 aromatic rings. The number of rotatable bonds is 0. The molecule has 2 aromatic carbocycles. The van der Waals surface area contributed by atoms with Gasteiger partial charge in [0.15, 0.2) is 0 Å². The summed E-state index contributed by atoms with van der Waals surface area (Å²) < 4.78 is 1.39. The molecule has 0 atom stereocenters. The summed E-state index contributed by atoms with van der Waals surface area (Å²) in [6, 6.07) is 13.0. The first kappa shape index (κ1) is 10.1. The van der Waals surface area contributed by atoms with E-state index in [1.807, 2.05) is 0 Å². The molecule has 78 valence electrons. The Hall–Kier alpha value is -1.09. The number of benzene rings is 2. The number of fused-ring (bicyclic) bond motifs is 3. The van der Waals surface area contributed by atoms with Crippen LogP contribution in [0, 0.1) is 0 Å². The second-order valence-electron chi connectivity index (χ2n) is 3.99. The maximum Gasteiger partial charge on any atom is -0.00356 e. The molecule has 0 aromatic heterocycles. The van der Waals surface area contributed by atoms with Crippen molar-refractivity contribution in [3.8, 4) is 0 Å². The first-order valence-electron chi connectivity index (χ1n) is 5.39. The molecule has 1 aliphatic carbocycles. The topological polar surface area (TPSA) is 0 Å². The average molecular weight is 318 g/mol. The molecule has 3 rings (SSSR count). The first-order chi connectivity index (χ1) is 7.84. The highest BCUT2D eigenvalue weighted by Gasteiger charge is 2.06. The quantitative estimate of drug-likeness (QED) is 0.598. The average Bonchev–Trinajstić information content (AvgIpc) is 2.50. The van der Waals surface area contributed by atoms with Crippen molar-refractivity contribution in [3.63, 3.8) is 0 Å². The molecule has 0 fully saturated rings. The number of hydrogen-bond donors (Lipinski definition) is 0. The lowest BCUT2D eigenvalue weighted by Crippen LogP contribution is -1.83. The van der Waals surface area contributed by atoms with Gasteiger partial charge in [-0.1, -0.05) is 48.6 Å². The van der Waals surface area contributed by atoms with E-state index in [0.717, 1.165) is 6.42 Å². The van der Waals surface area contributed by atoms with E-state index in [1.54, 1.807) is 0 Å². The van der Waals surface area contributed by atoms with Crippen molar-refractivity contribution in [3.05, 3.63) is 57.2 Å². The zero-order chi connectivity index (χ0) is 11.0. The Bertz CT molecular complexity index is 606. The van der Waals surface area contributed by atoms with Crippen LogP contribution in [0.15, 0.2) is 46.1 Å². The molecule has 0 heterocycles. The summed E-state index contributed by atoms with van der Waals surface area (Å²) in [5, 5.41) is 2.66. The van der Waals surface area contributed by atoms with Crippen molar-refractivity contribution in [1.82, 2.24) is 0 Å². The van der Waals surface area contributed by atoms with Crippen molar-refractivity contribution < 1.29 is 0 Å². The van der Waals surface area contributed by atoms with Gasteiger partial charge in [0.05, 0.1) is 0 Å². The van der Waals surface area contributed by atoms with Crippen LogP contribution in [-0.4, -0.2) is 0 Å². The largest absolute Gasteiger partial charge is 0.0791 e. The molecular weight excluding hydrogens is 307 g/mol. The second kappa shape index (κ2) is 4.06. The molecule has 0 bridgehead atoms. The van der Waals surface area contributed by atoms with Gasteiger partial charge in [0, 0.05) is 0 Å². The lowest BCUT2D eigenvalue weighted by atomic mass is 9.99. The molecular formula is C15H11I. The van der Waals surface area contributed by atoms with E-state index in [1.165, 1.54) is 25.5 Å². The van der Waals surface area contributed by atoms with Gasteiger partial charge in [-0.15, -0.1) is 0 Å². The normalized spacial score (nSPS) is 14.4. The summed E-state index contributed by atoms with van der Waals surface area (Å²) in [5.74, 6) is 0. The Balaban J connectivity index is 2.41. The maximum atomic E-state index is 2.42. The minimum absolute atomic E-state index is 1.05. The van der Waals surface area contributed by atoms with E-state index in [2.05, 4.69) is 77.2 Å². The number of halogens is 1. The van der Waals surface area contributed by atoms with Gasteiger partial charge in [-0.05, 0) is 60.6 Å². The van der Waals surface area contributed by atoms with Gasteiger partial charge in [-0.2, -0.15) is 0 Å². The Morgan fingerprint density at radius 2 is 1.88 bits per heavy atom. The molecule has 0 aliphatic heterocycles. The highest BCUT2D eigenvalue weighted by molar-refractivity contribution is 14.1. The summed E-state index contributed by atoms with van der Waals surface area (Å²) in [6.45, 7) is 0. The highest BCUT2D eigenvalue weighted by Crippen LogP contribution is 2.30. The molecule has 0 amide bonds. The van der Waals surface area contributed by atoms with Crippen LogP contribution in [0.2, 0.25) is 0 Å². The van der Waals surface area contributed by atoms with Crippen LogP contribution >= 0.6 is 22.6 Å². The minimum Gasteiger partial charge on any atom is -0.0791 e. The summed E-state index contributed by atoms with van der Waals surface area (Å²) in [6.07, 6.45) is 7.81. The third-order valence-electron chi connectivity index (χ3n) is 2.92. The predicted molar refractivity (Wildman–Crippen MR) is 79.6 cm³/mol. The molecule has 0 spiro atoms. The standard InChI is InChI=1S/C15H11I/c16-13-6-3-5-12-9-8-11-4-1-2-7-14(11)15(12)10-13/h1-5,7-10H,6H2. The summed E-state index contributed by atoms with van der Waals surface area (Å²) >= 11 is 2.42. The van der Waals surface area contributed by atoms with Crippen LogP contribution < -0.4 is 0 Å². The van der Waals surface area contributed by atoms with E-state index in [0.29, 0.717) is 0 Å². The van der Waals surface area contributed by atoms with Crippen LogP contribution in [0.25, 0.3) is 22.9 Å². The van der Waals surface area contributed by atoms with Gasteiger partial charge < -0.3 is 0 Å². The smallest absolute Gasteiger partial charge is 0.00356 e. The molecule has 0 saturated heterocycles. The summed E-state index contributed by atoms with van der Waals surface area (Å²) in [7, 11) is 0. The monoisotopic (exact) mass is 318 g/mol. The van der Waals surface area contributed by atoms with E-state index < -0.39 is 0 Å². The van der Waals surface area contributed by atoms with E-state index in [4.69, 9.17) is 0 Å². The molecule has 0 radical (unpaired) electrons. The lowest BCUT2D eigenvalue weighted by molar-refractivity contribution is 1.42. The Labute approximate surface area is 109 Å². The van der Waals surface area contributed by atoms with Crippen LogP contribution in [0.1, 0.15) is 17.5 Å². The van der Waals surface area contributed by atoms with Crippen molar-refractivity contribution in [2.45, 2.75) is 6.42 Å². The SMILES string of the molecule is IC1=Cc2c(ccc3ccccc23)C=CC1. The van der Waals surface area contributed by atoms with E-state index in [-0.39, 0.29) is 0 Å². The van der Waals surface area contributed by atoms with Crippen LogP contribution in [0.5, 0.6) is 0 Å². The zero-order valence-electron chi connectivity index (χ0n) is 8.78. The van der Waals surface area contributed by atoms with Crippen LogP contribution in [-0.2, 0) is 0 Å². The second-order valence-corrected chi connectivity index (χ2v) is 5.37. The molecule has 0 N–H and O–H groups in total. The predicted octanol–water partition coefficient (Wildman–Crippen LogP) is 5.03. The van der Waals surface area contributed by atoms with Gasteiger partial charge in [0.25, 0.3) is 0 Å². The van der Waals surface area contributed by atoms with Crippen LogP contribution in [0.4, 0.5) is 0 Å². The maximum absolute atomic E-state index is 2.42. The third kappa shape index (κ3) is 1.69. The highest BCUT2D eigenvalue weighted by atomic mass is 127. The Morgan fingerprint density at radius 3 is 2.81 bits per heavy atom. The lowest BCUT2D eigenvalue weighted by Gasteiger charge is -2.06. The van der Waals surface area contributed by atoms with Crippen LogP contribution in [0.3, 0.4) is 0 Å². The Morgan fingerprint density at radius 1 is 1.00 bits per heavy atom. The fraction of sp³-hybridized carbons (Fsp3) is 0.0667. The fourth-order valence-electron chi connectivity index (χ4n) is 2.13.